The van der Waals surface area contributed by atoms with Gasteiger partial charge in [-0.3, -0.25) is 0 Å². The van der Waals surface area contributed by atoms with Crippen molar-refractivity contribution >= 4 is 12.5 Å². The first-order chi connectivity index (χ1) is 12.9. The minimum Gasteiger partial charge on any atom is -0.402 e. The predicted molar refractivity (Wildman–Crippen MR) is 106 cm³/mol. The van der Waals surface area contributed by atoms with Crippen LogP contribution in [0.5, 0.6) is 0 Å². The molecule has 0 amide bonds. The van der Waals surface area contributed by atoms with Crippen molar-refractivity contribution in [2.24, 2.45) is 0 Å². The van der Waals surface area contributed by atoms with Crippen LogP contribution in [-0.4, -0.2) is 24.4 Å². The summed E-state index contributed by atoms with van der Waals surface area (Å²) < 4.78 is 7.00. The van der Waals surface area contributed by atoms with E-state index in [1.807, 2.05) is 0 Å². The molecule has 2 heterocycles. The average Bonchev–Trinajstić information content (AvgIpc) is 3.32. The molecule has 2 fully saturated rings. The van der Waals surface area contributed by atoms with Crippen molar-refractivity contribution in [1.82, 2.24) is 4.81 Å². The average molecular weight is 339 g/mol. The first-order valence-electron chi connectivity index (χ1n) is 9.49. The molecule has 3 aromatic carbocycles. The Balaban J connectivity index is 1.70. The summed E-state index contributed by atoms with van der Waals surface area (Å²) in [5.41, 5.74) is 3.33. The van der Waals surface area contributed by atoms with E-state index in [-0.39, 0.29) is 7.05 Å². The molecule has 2 aliphatic rings. The van der Waals surface area contributed by atoms with Gasteiger partial charge in [-0.1, -0.05) is 91.0 Å². The van der Waals surface area contributed by atoms with Crippen LogP contribution in [0.4, 0.5) is 0 Å². The quantitative estimate of drug-likeness (QED) is 0.673. The highest BCUT2D eigenvalue weighted by molar-refractivity contribution is 6.65. The molecule has 128 valence electrons. The molecule has 1 unspecified atom stereocenters. The van der Waals surface area contributed by atoms with Gasteiger partial charge in [0.2, 0.25) is 0 Å². The molecule has 3 aromatic rings. The largest absolute Gasteiger partial charge is 0.419 e. The van der Waals surface area contributed by atoms with Crippen molar-refractivity contribution in [3.8, 4) is 0 Å². The lowest BCUT2D eigenvalue weighted by Crippen LogP contribution is -2.45. The van der Waals surface area contributed by atoms with Gasteiger partial charge in [-0.2, -0.15) is 0 Å². The molecule has 2 aliphatic heterocycles. The molecular formula is C23H22BNO. The van der Waals surface area contributed by atoms with Crippen molar-refractivity contribution in [3.05, 3.63) is 102 Å². The summed E-state index contributed by atoms with van der Waals surface area (Å²) in [6, 6.07) is 32.5. The topological polar surface area (TPSA) is 12.5 Å². The van der Waals surface area contributed by atoms with Gasteiger partial charge in [0.1, 0.15) is 5.60 Å². The van der Waals surface area contributed by atoms with Crippen LogP contribution in [0.2, 0.25) is 0 Å². The smallest absolute Gasteiger partial charge is 0.402 e. The summed E-state index contributed by atoms with van der Waals surface area (Å²) in [6.07, 6.45) is 2.38. The number of fused-ring (bicyclic) bond motifs is 1. The van der Waals surface area contributed by atoms with Crippen LogP contribution in [0.25, 0.3) is 0 Å². The first-order valence-corrected chi connectivity index (χ1v) is 9.49. The Morgan fingerprint density at radius 1 is 0.769 bits per heavy atom. The standard InChI is InChI=1S/C23H22BNO/c1-4-11-19(12-5-1)23(20-13-6-2-7-14-20)22-17-10-18-25(22)24(26-23)21-15-8-3-9-16-21/h1-9,11-16,22H,10,17-18H2. The monoisotopic (exact) mass is 339 g/mol. The lowest BCUT2D eigenvalue weighted by atomic mass is 9.72. The van der Waals surface area contributed by atoms with E-state index < -0.39 is 5.60 Å². The molecule has 0 bridgehead atoms. The predicted octanol–water partition coefficient (Wildman–Crippen LogP) is 3.82. The van der Waals surface area contributed by atoms with Crippen molar-refractivity contribution in [3.63, 3.8) is 0 Å². The Labute approximate surface area is 155 Å². The summed E-state index contributed by atoms with van der Waals surface area (Å²) in [6.45, 7) is 1.09. The Bertz CT molecular complexity index is 829. The molecule has 0 aliphatic carbocycles. The van der Waals surface area contributed by atoms with Gasteiger partial charge in [-0.05, 0) is 36.0 Å². The van der Waals surface area contributed by atoms with Gasteiger partial charge in [-0.25, -0.2) is 0 Å². The van der Waals surface area contributed by atoms with Gasteiger partial charge in [0, 0.05) is 6.04 Å². The second-order valence-corrected chi connectivity index (χ2v) is 7.24. The summed E-state index contributed by atoms with van der Waals surface area (Å²) in [5, 5.41) is 0. The normalized spacial score (nSPS) is 21.7. The molecule has 26 heavy (non-hydrogen) atoms. The number of hydrogen-bond acceptors (Lipinski definition) is 2. The van der Waals surface area contributed by atoms with Crippen molar-refractivity contribution in [2.45, 2.75) is 24.5 Å². The Morgan fingerprint density at radius 3 is 1.88 bits per heavy atom. The van der Waals surface area contributed by atoms with E-state index in [1.165, 1.54) is 23.0 Å². The Hall–Kier alpha value is -2.36. The van der Waals surface area contributed by atoms with Gasteiger partial charge in [0.25, 0.3) is 0 Å². The Kier molecular flexibility index (Phi) is 3.92. The second-order valence-electron chi connectivity index (χ2n) is 7.24. The van der Waals surface area contributed by atoms with E-state index in [0.29, 0.717) is 6.04 Å². The highest BCUT2D eigenvalue weighted by Gasteiger charge is 2.58. The third kappa shape index (κ3) is 2.35. The van der Waals surface area contributed by atoms with Crippen molar-refractivity contribution in [1.29, 1.82) is 0 Å². The number of hydrogen-bond donors (Lipinski definition) is 0. The lowest BCUT2D eigenvalue weighted by molar-refractivity contribution is 0.106. The van der Waals surface area contributed by atoms with E-state index in [1.54, 1.807) is 0 Å². The zero-order chi connectivity index (χ0) is 17.4. The van der Waals surface area contributed by atoms with Gasteiger partial charge in [0.15, 0.2) is 0 Å². The van der Waals surface area contributed by atoms with E-state index in [0.717, 1.165) is 13.0 Å². The third-order valence-corrected chi connectivity index (χ3v) is 5.85. The van der Waals surface area contributed by atoms with E-state index >= 15 is 0 Å². The molecule has 0 N–H and O–H groups in total. The second kappa shape index (κ2) is 6.42. The third-order valence-electron chi connectivity index (χ3n) is 5.85. The maximum Gasteiger partial charge on any atom is 0.419 e. The minimum atomic E-state index is -0.417. The molecule has 3 heteroatoms. The zero-order valence-electron chi connectivity index (χ0n) is 14.8. The molecule has 0 radical (unpaired) electrons. The van der Waals surface area contributed by atoms with Crippen LogP contribution in [0.15, 0.2) is 91.0 Å². The van der Waals surface area contributed by atoms with Gasteiger partial charge >= 0.3 is 7.05 Å². The van der Waals surface area contributed by atoms with Crippen LogP contribution >= 0.6 is 0 Å². The maximum absolute atomic E-state index is 7.00. The fraction of sp³-hybridized carbons (Fsp3) is 0.217. The van der Waals surface area contributed by atoms with Crippen LogP contribution in [0, 0.1) is 0 Å². The fourth-order valence-electron chi connectivity index (χ4n) is 4.76. The van der Waals surface area contributed by atoms with Gasteiger partial charge in [0.05, 0.1) is 0 Å². The highest BCUT2D eigenvalue weighted by atomic mass is 16.5. The summed E-state index contributed by atoms with van der Waals surface area (Å²) in [5.74, 6) is 0. The minimum absolute atomic E-state index is 0.00381. The summed E-state index contributed by atoms with van der Waals surface area (Å²) >= 11 is 0. The van der Waals surface area contributed by atoms with Crippen molar-refractivity contribution < 1.29 is 4.65 Å². The fourth-order valence-corrected chi connectivity index (χ4v) is 4.76. The number of benzene rings is 3. The van der Waals surface area contributed by atoms with Crippen LogP contribution < -0.4 is 5.46 Å². The van der Waals surface area contributed by atoms with Gasteiger partial charge < -0.3 is 9.47 Å². The van der Waals surface area contributed by atoms with Crippen LogP contribution in [-0.2, 0) is 10.3 Å². The molecule has 2 saturated heterocycles. The molecule has 1 atom stereocenters. The van der Waals surface area contributed by atoms with E-state index in [4.69, 9.17) is 4.65 Å². The van der Waals surface area contributed by atoms with Gasteiger partial charge in [-0.15, -0.1) is 0 Å². The summed E-state index contributed by atoms with van der Waals surface area (Å²) in [4.78, 5) is 2.56. The van der Waals surface area contributed by atoms with Crippen LogP contribution in [0.3, 0.4) is 0 Å². The number of rotatable bonds is 3. The molecule has 0 saturated carbocycles. The van der Waals surface area contributed by atoms with Crippen molar-refractivity contribution in [2.75, 3.05) is 6.54 Å². The Morgan fingerprint density at radius 2 is 1.31 bits per heavy atom. The summed E-state index contributed by atoms with van der Waals surface area (Å²) in [7, 11) is 0.00381. The van der Waals surface area contributed by atoms with E-state index in [2.05, 4.69) is 95.8 Å². The lowest BCUT2D eigenvalue weighted by Gasteiger charge is -2.36. The molecular weight excluding hydrogens is 317 g/mol. The first kappa shape index (κ1) is 15.9. The molecule has 5 rings (SSSR count). The number of nitrogens with zero attached hydrogens (tertiary/aromatic N) is 1. The van der Waals surface area contributed by atoms with Crippen LogP contribution in [0.1, 0.15) is 24.0 Å². The zero-order valence-corrected chi connectivity index (χ0v) is 14.8. The highest BCUT2D eigenvalue weighted by Crippen LogP contribution is 2.48. The molecule has 0 aromatic heterocycles. The van der Waals surface area contributed by atoms with E-state index in [9.17, 15) is 0 Å². The molecule has 0 spiro atoms. The molecule has 2 nitrogen and oxygen atoms in total. The SMILES string of the molecule is c1ccc(B2OC(c3ccccc3)(c3ccccc3)C3CCCN23)cc1. The maximum atomic E-state index is 7.00.